The van der Waals surface area contributed by atoms with Crippen LogP contribution in [0.3, 0.4) is 0 Å². The lowest BCUT2D eigenvalue weighted by Gasteiger charge is -2.12. The SMILES string of the molecule is CC(=O)Nc1ccc2nc(NC(=O)c3ccccc3NS(=O)(=O)c3ccc(F)cc3)sc2c1. The third-order valence-electron chi connectivity index (χ3n) is 4.47. The summed E-state index contributed by atoms with van der Waals surface area (Å²) in [6.45, 7) is 1.41. The van der Waals surface area contributed by atoms with Gasteiger partial charge >= 0.3 is 0 Å². The Bertz CT molecular complexity index is 1470. The highest BCUT2D eigenvalue weighted by Gasteiger charge is 2.19. The van der Waals surface area contributed by atoms with E-state index in [0.717, 1.165) is 29.0 Å². The van der Waals surface area contributed by atoms with Crippen molar-refractivity contribution in [2.75, 3.05) is 15.4 Å². The van der Waals surface area contributed by atoms with Gasteiger partial charge in [-0.2, -0.15) is 0 Å². The molecule has 1 heterocycles. The van der Waals surface area contributed by atoms with Crippen LogP contribution in [0.2, 0.25) is 0 Å². The zero-order valence-electron chi connectivity index (χ0n) is 17.1. The van der Waals surface area contributed by atoms with E-state index in [0.29, 0.717) is 16.3 Å². The van der Waals surface area contributed by atoms with Gasteiger partial charge in [0.15, 0.2) is 5.13 Å². The van der Waals surface area contributed by atoms with Crippen LogP contribution in [0, 0.1) is 5.82 Å². The largest absolute Gasteiger partial charge is 0.326 e. The Morgan fingerprint density at radius 3 is 2.42 bits per heavy atom. The highest BCUT2D eigenvalue weighted by molar-refractivity contribution is 7.92. The number of anilines is 3. The molecule has 8 nitrogen and oxygen atoms in total. The number of benzene rings is 3. The standard InChI is InChI=1S/C22H17FN4O4S2/c1-13(28)24-15-8-11-19-20(12-15)32-22(25-19)26-21(29)17-4-2-3-5-18(17)27-33(30,31)16-9-6-14(23)7-10-16/h2-12,27H,1H3,(H,24,28)(H,25,26,29). The van der Waals surface area contributed by atoms with Gasteiger partial charge in [-0.1, -0.05) is 23.5 Å². The summed E-state index contributed by atoms with van der Waals surface area (Å²) >= 11 is 1.21. The third-order valence-corrected chi connectivity index (χ3v) is 6.78. The lowest BCUT2D eigenvalue weighted by atomic mass is 10.2. The number of hydrogen-bond donors (Lipinski definition) is 3. The van der Waals surface area contributed by atoms with Crippen LogP contribution in [0.4, 0.5) is 20.9 Å². The molecule has 0 spiro atoms. The van der Waals surface area contributed by atoms with Crippen molar-refractivity contribution in [1.82, 2.24) is 4.98 Å². The van der Waals surface area contributed by atoms with Gasteiger partial charge in [-0.25, -0.2) is 17.8 Å². The maximum atomic E-state index is 13.1. The van der Waals surface area contributed by atoms with Gasteiger partial charge in [0.2, 0.25) is 5.91 Å². The van der Waals surface area contributed by atoms with Gasteiger partial charge in [-0.05, 0) is 54.6 Å². The second-order valence-electron chi connectivity index (χ2n) is 6.94. The molecule has 0 saturated heterocycles. The number of rotatable bonds is 6. The smallest absolute Gasteiger partial charge is 0.261 e. The summed E-state index contributed by atoms with van der Waals surface area (Å²) in [7, 11) is -4.04. The zero-order chi connectivity index (χ0) is 23.6. The maximum Gasteiger partial charge on any atom is 0.261 e. The van der Waals surface area contributed by atoms with Crippen LogP contribution < -0.4 is 15.4 Å². The van der Waals surface area contributed by atoms with E-state index in [1.165, 1.54) is 30.4 Å². The number of sulfonamides is 1. The van der Waals surface area contributed by atoms with Crippen LogP contribution in [0.1, 0.15) is 17.3 Å². The quantitative estimate of drug-likeness (QED) is 0.374. The summed E-state index contributed by atoms with van der Waals surface area (Å²) in [4.78, 5) is 28.4. The van der Waals surface area contributed by atoms with Crippen molar-refractivity contribution in [2.24, 2.45) is 0 Å². The van der Waals surface area contributed by atoms with Crippen molar-refractivity contribution in [3.8, 4) is 0 Å². The number of nitrogens with one attached hydrogen (secondary N) is 3. The highest BCUT2D eigenvalue weighted by atomic mass is 32.2. The Kier molecular flexibility index (Phi) is 6.07. The fourth-order valence-corrected chi connectivity index (χ4v) is 4.99. The molecule has 33 heavy (non-hydrogen) atoms. The number of thiazole rings is 1. The molecule has 11 heteroatoms. The summed E-state index contributed by atoms with van der Waals surface area (Å²) in [5.74, 6) is -1.32. The summed E-state index contributed by atoms with van der Waals surface area (Å²) in [5, 5.41) is 5.67. The number of carbonyl (C=O) groups is 2. The molecule has 3 N–H and O–H groups in total. The van der Waals surface area contributed by atoms with Gasteiger partial charge in [-0.3, -0.25) is 19.6 Å². The predicted molar refractivity (Wildman–Crippen MR) is 126 cm³/mol. The normalized spacial score (nSPS) is 11.2. The second kappa shape index (κ2) is 8.96. The van der Waals surface area contributed by atoms with E-state index in [1.807, 2.05) is 0 Å². The molecule has 4 aromatic rings. The summed E-state index contributed by atoms with van der Waals surface area (Å²) in [5.41, 5.74) is 1.39. The molecule has 0 unspecified atom stereocenters. The fourth-order valence-electron chi connectivity index (χ4n) is 3.01. The van der Waals surface area contributed by atoms with Crippen LogP contribution in [0.15, 0.2) is 71.6 Å². The van der Waals surface area contributed by atoms with Crippen LogP contribution in [-0.2, 0) is 14.8 Å². The Balaban J connectivity index is 1.57. The summed E-state index contributed by atoms with van der Waals surface area (Å²) < 4.78 is 41.6. The molecular formula is C22H17FN4O4S2. The first-order valence-electron chi connectivity index (χ1n) is 9.58. The number of halogens is 1. The molecule has 0 saturated carbocycles. The molecule has 3 aromatic carbocycles. The Morgan fingerprint density at radius 1 is 0.970 bits per heavy atom. The minimum absolute atomic E-state index is 0.0633. The first-order valence-corrected chi connectivity index (χ1v) is 11.9. The summed E-state index contributed by atoms with van der Waals surface area (Å²) in [6, 6.07) is 15.6. The Labute approximate surface area is 192 Å². The molecule has 2 amide bonds. The maximum absolute atomic E-state index is 13.1. The van der Waals surface area contributed by atoms with Crippen molar-refractivity contribution in [2.45, 2.75) is 11.8 Å². The van der Waals surface area contributed by atoms with Crippen molar-refractivity contribution < 1.29 is 22.4 Å². The van der Waals surface area contributed by atoms with Crippen molar-refractivity contribution in [1.29, 1.82) is 0 Å². The average molecular weight is 485 g/mol. The number of fused-ring (bicyclic) bond motifs is 1. The molecule has 4 rings (SSSR count). The highest BCUT2D eigenvalue weighted by Crippen LogP contribution is 2.29. The minimum Gasteiger partial charge on any atom is -0.326 e. The lowest BCUT2D eigenvalue weighted by molar-refractivity contribution is -0.114. The van der Waals surface area contributed by atoms with E-state index >= 15 is 0 Å². The molecule has 0 bridgehead atoms. The van der Waals surface area contributed by atoms with Gasteiger partial charge in [-0.15, -0.1) is 0 Å². The number of carbonyl (C=O) groups excluding carboxylic acids is 2. The molecule has 0 aliphatic rings. The van der Waals surface area contributed by atoms with Crippen molar-refractivity contribution in [3.05, 3.63) is 78.1 Å². The number of nitrogens with zero attached hydrogens (tertiary/aromatic N) is 1. The first-order chi connectivity index (χ1) is 15.7. The molecular weight excluding hydrogens is 467 g/mol. The molecule has 0 aliphatic carbocycles. The topological polar surface area (TPSA) is 117 Å². The Morgan fingerprint density at radius 2 is 1.70 bits per heavy atom. The second-order valence-corrected chi connectivity index (χ2v) is 9.65. The zero-order valence-corrected chi connectivity index (χ0v) is 18.8. The van der Waals surface area contributed by atoms with E-state index in [4.69, 9.17) is 0 Å². The first kappa shape index (κ1) is 22.4. The van der Waals surface area contributed by atoms with E-state index in [-0.39, 0.29) is 22.1 Å². The number of para-hydroxylation sites is 1. The van der Waals surface area contributed by atoms with E-state index < -0.39 is 21.7 Å². The van der Waals surface area contributed by atoms with E-state index in [9.17, 15) is 22.4 Å². The van der Waals surface area contributed by atoms with Crippen molar-refractivity contribution >= 4 is 59.9 Å². The lowest BCUT2D eigenvalue weighted by Crippen LogP contribution is -2.18. The van der Waals surface area contributed by atoms with E-state index in [2.05, 4.69) is 20.3 Å². The Hall–Kier alpha value is -3.83. The van der Waals surface area contributed by atoms with Gasteiger partial charge in [0.25, 0.3) is 15.9 Å². The predicted octanol–water partition coefficient (Wildman–Crippen LogP) is 4.45. The van der Waals surface area contributed by atoms with Gasteiger partial charge in [0.05, 0.1) is 26.4 Å². The van der Waals surface area contributed by atoms with E-state index in [1.54, 1.807) is 30.3 Å². The van der Waals surface area contributed by atoms with Crippen molar-refractivity contribution in [3.63, 3.8) is 0 Å². The molecule has 168 valence electrons. The average Bonchev–Trinajstić information content (AvgIpc) is 3.15. The van der Waals surface area contributed by atoms with Gasteiger partial charge < -0.3 is 5.32 Å². The third kappa shape index (κ3) is 5.16. The minimum atomic E-state index is -4.04. The molecule has 0 fully saturated rings. The van der Waals surface area contributed by atoms with Crippen LogP contribution in [0.5, 0.6) is 0 Å². The van der Waals surface area contributed by atoms with Gasteiger partial charge in [0.1, 0.15) is 5.82 Å². The molecule has 0 atom stereocenters. The summed E-state index contributed by atoms with van der Waals surface area (Å²) in [6.07, 6.45) is 0. The fraction of sp³-hybridized carbons (Fsp3) is 0.0455. The number of aromatic nitrogens is 1. The monoisotopic (exact) mass is 484 g/mol. The molecule has 0 aliphatic heterocycles. The van der Waals surface area contributed by atoms with Gasteiger partial charge in [0, 0.05) is 12.6 Å². The number of amides is 2. The number of hydrogen-bond acceptors (Lipinski definition) is 6. The molecule has 0 radical (unpaired) electrons. The van der Waals surface area contributed by atoms with Crippen LogP contribution >= 0.6 is 11.3 Å². The van der Waals surface area contributed by atoms with Crippen LogP contribution in [-0.4, -0.2) is 25.2 Å². The van der Waals surface area contributed by atoms with Crippen LogP contribution in [0.25, 0.3) is 10.2 Å². The molecule has 1 aromatic heterocycles.